The smallest absolute Gasteiger partial charge is 0.407 e. The standard InChI is InChI=1S/C13H20N2O2/c1-15-8-7-12(9-15)14-13(16)17-10-11-5-3-2-4-6-11/h3,5-6,12H,2,4,7-10H2,1H3,(H,14,16). The Morgan fingerprint density at radius 3 is 3.12 bits per heavy atom. The van der Waals surface area contributed by atoms with Crippen LogP contribution in [0.3, 0.4) is 0 Å². The van der Waals surface area contributed by atoms with Crippen molar-refractivity contribution in [3.63, 3.8) is 0 Å². The Kier molecular flexibility index (Phi) is 4.20. The highest BCUT2D eigenvalue weighted by atomic mass is 16.5. The summed E-state index contributed by atoms with van der Waals surface area (Å²) in [5.74, 6) is 0. The predicted octanol–water partition coefficient (Wildman–Crippen LogP) is 1.69. The second kappa shape index (κ2) is 5.87. The normalized spacial score (nSPS) is 24.5. The van der Waals surface area contributed by atoms with Gasteiger partial charge in [0.15, 0.2) is 0 Å². The van der Waals surface area contributed by atoms with Crippen LogP contribution in [0, 0.1) is 0 Å². The molecule has 4 nitrogen and oxygen atoms in total. The van der Waals surface area contributed by atoms with Crippen LogP contribution in [0.5, 0.6) is 0 Å². The van der Waals surface area contributed by atoms with Crippen molar-refractivity contribution in [2.24, 2.45) is 0 Å². The van der Waals surface area contributed by atoms with Crippen molar-refractivity contribution in [2.45, 2.75) is 25.3 Å². The molecule has 0 saturated carbocycles. The van der Waals surface area contributed by atoms with Crippen molar-refractivity contribution < 1.29 is 9.53 Å². The maximum Gasteiger partial charge on any atom is 0.407 e. The van der Waals surface area contributed by atoms with Gasteiger partial charge in [-0.25, -0.2) is 4.79 Å². The predicted molar refractivity (Wildman–Crippen MR) is 66.8 cm³/mol. The SMILES string of the molecule is CN1CCC(NC(=O)OCC2=CCCC=C2)C1. The number of amides is 1. The van der Waals surface area contributed by atoms with E-state index >= 15 is 0 Å². The number of carbonyl (C=O) groups is 1. The van der Waals surface area contributed by atoms with Crippen molar-refractivity contribution in [3.05, 3.63) is 23.8 Å². The van der Waals surface area contributed by atoms with Crippen LogP contribution in [-0.2, 0) is 4.74 Å². The zero-order chi connectivity index (χ0) is 12.1. The Hall–Kier alpha value is -1.29. The summed E-state index contributed by atoms with van der Waals surface area (Å²) in [6, 6.07) is 0.239. The van der Waals surface area contributed by atoms with Gasteiger partial charge in [-0.1, -0.05) is 18.2 Å². The van der Waals surface area contributed by atoms with Crippen LogP contribution in [0.4, 0.5) is 4.79 Å². The zero-order valence-corrected chi connectivity index (χ0v) is 10.3. The van der Waals surface area contributed by atoms with E-state index in [9.17, 15) is 4.79 Å². The van der Waals surface area contributed by atoms with Gasteiger partial charge in [-0.15, -0.1) is 0 Å². The first-order chi connectivity index (χ1) is 8.24. The molecule has 1 unspecified atom stereocenters. The van der Waals surface area contributed by atoms with E-state index in [2.05, 4.69) is 29.4 Å². The Morgan fingerprint density at radius 2 is 2.47 bits per heavy atom. The van der Waals surface area contributed by atoms with Gasteiger partial charge in [0.2, 0.25) is 0 Å². The molecular formula is C13H20N2O2. The lowest BCUT2D eigenvalue weighted by molar-refractivity contribution is 0.152. The molecular weight excluding hydrogens is 216 g/mol. The highest BCUT2D eigenvalue weighted by Crippen LogP contribution is 2.10. The molecule has 1 aliphatic heterocycles. The van der Waals surface area contributed by atoms with Gasteiger partial charge in [-0.05, 0) is 38.4 Å². The monoisotopic (exact) mass is 236 g/mol. The highest BCUT2D eigenvalue weighted by Gasteiger charge is 2.21. The van der Waals surface area contributed by atoms with Gasteiger partial charge < -0.3 is 15.0 Å². The molecule has 1 aliphatic carbocycles. The number of likely N-dealkylation sites (N-methyl/N-ethyl adjacent to an activating group) is 1. The van der Waals surface area contributed by atoms with Gasteiger partial charge in [-0.3, -0.25) is 0 Å². The maximum absolute atomic E-state index is 11.5. The van der Waals surface area contributed by atoms with Crippen LogP contribution in [0.1, 0.15) is 19.3 Å². The van der Waals surface area contributed by atoms with Crippen molar-refractivity contribution >= 4 is 6.09 Å². The topological polar surface area (TPSA) is 41.6 Å². The Morgan fingerprint density at radius 1 is 1.59 bits per heavy atom. The summed E-state index contributed by atoms with van der Waals surface area (Å²) in [6.07, 6.45) is 9.10. The molecule has 94 valence electrons. The second-order valence-corrected chi connectivity index (χ2v) is 4.73. The Bertz CT molecular complexity index is 336. The lowest BCUT2D eigenvalue weighted by Crippen LogP contribution is -2.37. The third kappa shape index (κ3) is 3.89. The summed E-state index contributed by atoms with van der Waals surface area (Å²) in [4.78, 5) is 13.8. The van der Waals surface area contributed by atoms with Crippen molar-refractivity contribution in [2.75, 3.05) is 26.7 Å². The highest BCUT2D eigenvalue weighted by molar-refractivity contribution is 5.68. The fourth-order valence-electron chi connectivity index (χ4n) is 2.18. The minimum Gasteiger partial charge on any atom is -0.445 e. The van der Waals surface area contributed by atoms with E-state index in [-0.39, 0.29) is 12.1 Å². The van der Waals surface area contributed by atoms with Gasteiger partial charge in [0.1, 0.15) is 6.61 Å². The average molecular weight is 236 g/mol. The molecule has 0 radical (unpaired) electrons. The van der Waals surface area contributed by atoms with Crippen LogP contribution in [0.25, 0.3) is 0 Å². The van der Waals surface area contributed by atoms with Crippen LogP contribution >= 0.6 is 0 Å². The van der Waals surface area contributed by atoms with E-state index in [0.29, 0.717) is 6.61 Å². The maximum atomic E-state index is 11.5. The summed E-state index contributed by atoms with van der Waals surface area (Å²) in [5, 5.41) is 2.89. The largest absolute Gasteiger partial charge is 0.445 e. The number of hydrogen-bond acceptors (Lipinski definition) is 3. The number of likely N-dealkylation sites (tertiary alicyclic amines) is 1. The fourth-order valence-corrected chi connectivity index (χ4v) is 2.18. The lowest BCUT2D eigenvalue weighted by atomic mass is 10.1. The van der Waals surface area contributed by atoms with Crippen LogP contribution in [-0.4, -0.2) is 43.8 Å². The van der Waals surface area contributed by atoms with E-state index in [1.54, 1.807) is 0 Å². The summed E-state index contributed by atoms with van der Waals surface area (Å²) in [6.45, 7) is 2.33. The molecule has 2 rings (SSSR count). The molecule has 0 bridgehead atoms. The fraction of sp³-hybridized carbons (Fsp3) is 0.615. The average Bonchev–Trinajstić information content (AvgIpc) is 2.73. The van der Waals surface area contributed by atoms with Gasteiger partial charge in [0, 0.05) is 12.6 Å². The van der Waals surface area contributed by atoms with E-state index in [0.717, 1.165) is 37.9 Å². The zero-order valence-electron chi connectivity index (χ0n) is 10.3. The summed E-state index contributed by atoms with van der Waals surface area (Å²) in [5.41, 5.74) is 1.09. The molecule has 1 atom stereocenters. The Balaban J connectivity index is 1.67. The number of rotatable bonds is 3. The molecule has 0 spiro atoms. The van der Waals surface area contributed by atoms with Gasteiger partial charge in [0.25, 0.3) is 0 Å². The van der Waals surface area contributed by atoms with Crippen molar-refractivity contribution in [1.82, 2.24) is 10.2 Å². The molecule has 1 fully saturated rings. The van der Waals surface area contributed by atoms with E-state index in [1.807, 2.05) is 6.08 Å². The first kappa shape index (κ1) is 12.2. The summed E-state index contributed by atoms with van der Waals surface area (Å²) >= 11 is 0. The third-order valence-electron chi connectivity index (χ3n) is 3.16. The summed E-state index contributed by atoms with van der Waals surface area (Å²) < 4.78 is 5.19. The minimum atomic E-state index is -0.301. The van der Waals surface area contributed by atoms with E-state index in [4.69, 9.17) is 4.74 Å². The Labute approximate surface area is 102 Å². The lowest BCUT2D eigenvalue weighted by Gasteiger charge is -2.13. The quantitative estimate of drug-likeness (QED) is 0.811. The number of hydrogen-bond donors (Lipinski definition) is 1. The number of carbonyl (C=O) groups excluding carboxylic acids is 1. The second-order valence-electron chi connectivity index (χ2n) is 4.73. The molecule has 1 saturated heterocycles. The molecule has 0 aromatic carbocycles. The molecule has 0 aromatic rings. The number of nitrogens with one attached hydrogen (secondary N) is 1. The molecule has 4 heteroatoms. The summed E-state index contributed by atoms with van der Waals surface area (Å²) in [7, 11) is 2.06. The molecule has 0 aromatic heterocycles. The minimum absolute atomic E-state index is 0.239. The first-order valence-electron chi connectivity index (χ1n) is 6.21. The molecule has 2 aliphatic rings. The number of alkyl carbamates (subject to hydrolysis) is 1. The molecule has 17 heavy (non-hydrogen) atoms. The van der Waals surface area contributed by atoms with Crippen LogP contribution in [0.2, 0.25) is 0 Å². The van der Waals surface area contributed by atoms with E-state index < -0.39 is 0 Å². The first-order valence-corrected chi connectivity index (χ1v) is 6.21. The van der Waals surface area contributed by atoms with Gasteiger partial charge >= 0.3 is 6.09 Å². The number of nitrogens with zero attached hydrogens (tertiary/aromatic N) is 1. The molecule has 1 N–H and O–H groups in total. The molecule has 1 amide bonds. The number of allylic oxidation sites excluding steroid dienone is 2. The molecule has 1 heterocycles. The van der Waals surface area contributed by atoms with Gasteiger partial charge in [0.05, 0.1) is 0 Å². The van der Waals surface area contributed by atoms with Crippen LogP contribution < -0.4 is 5.32 Å². The van der Waals surface area contributed by atoms with Crippen molar-refractivity contribution in [1.29, 1.82) is 0 Å². The van der Waals surface area contributed by atoms with E-state index in [1.165, 1.54) is 0 Å². The number of ether oxygens (including phenoxy) is 1. The third-order valence-corrected chi connectivity index (χ3v) is 3.16. The van der Waals surface area contributed by atoms with Crippen LogP contribution in [0.15, 0.2) is 23.8 Å². The van der Waals surface area contributed by atoms with Crippen molar-refractivity contribution in [3.8, 4) is 0 Å². The van der Waals surface area contributed by atoms with Gasteiger partial charge in [-0.2, -0.15) is 0 Å².